The van der Waals surface area contributed by atoms with Gasteiger partial charge < -0.3 is 9.67 Å². The summed E-state index contributed by atoms with van der Waals surface area (Å²) in [6, 6.07) is 1.93. The van der Waals surface area contributed by atoms with Gasteiger partial charge in [-0.25, -0.2) is 4.79 Å². The smallest absolute Gasteiger partial charge is 0.352 e. The van der Waals surface area contributed by atoms with E-state index in [2.05, 4.69) is 0 Å². The van der Waals surface area contributed by atoms with Gasteiger partial charge in [-0.05, 0) is 12.5 Å². The summed E-state index contributed by atoms with van der Waals surface area (Å²) in [7, 11) is 1.61. The first-order valence-electron chi connectivity index (χ1n) is 3.37. The third-order valence-corrected chi connectivity index (χ3v) is 1.76. The maximum Gasteiger partial charge on any atom is 0.352 e. The summed E-state index contributed by atoms with van der Waals surface area (Å²) in [6.07, 6.45) is 1.51. The van der Waals surface area contributed by atoms with Crippen molar-refractivity contribution in [2.24, 2.45) is 7.05 Å². The fourth-order valence-corrected chi connectivity index (χ4v) is 1.17. The molecule has 0 aliphatic carbocycles. The molecule has 0 aliphatic rings. The van der Waals surface area contributed by atoms with E-state index in [1.165, 1.54) is 10.8 Å². The molecular formula is C8H8N2O2. The average Bonchev–Trinajstić information content (AvgIpc) is 2.25. The van der Waals surface area contributed by atoms with Gasteiger partial charge in [-0.2, -0.15) is 5.26 Å². The Morgan fingerprint density at radius 2 is 2.33 bits per heavy atom. The summed E-state index contributed by atoms with van der Waals surface area (Å²) in [4.78, 5) is 10.6. The van der Waals surface area contributed by atoms with Gasteiger partial charge in [-0.3, -0.25) is 0 Å². The van der Waals surface area contributed by atoms with E-state index in [0.29, 0.717) is 11.1 Å². The predicted molar refractivity (Wildman–Crippen MR) is 41.8 cm³/mol. The van der Waals surface area contributed by atoms with Crippen molar-refractivity contribution in [3.05, 3.63) is 23.0 Å². The minimum atomic E-state index is -1.00. The normalized spacial score (nSPS) is 9.42. The van der Waals surface area contributed by atoms with Gasteiger partial charge in [0, 0.05) is 13.2 Å². The van der Waals surface area contributed by atoms with Crippen LogP contribution in [0.4, 0.5) is 0 Å². The highest BCUT2D eigenvalue weighted by Crippen LogP contribution is 2.14. The lowest BCUT2D eigenvalue weighted by Crippen LogP contribution is -2.05. The van der Waals surface area contributed by atoms with Crippen molar-refractivity contribution < 1.29 is 9.90 Å². The Bertz CT molecular complexity index is 371. The minimum Gasteiger partial charge on any atom is -0.477 e. The predicted octanol–water partition coefficient (Wildman–Crippen LogP) is 0.903. The Hall–Kier alpha value is -1.76. The highest BCUT2D eigenvalue weighted by Gasteiger charge is 2.15. The standard InChI is InChI=1S/C8H8N2O2/c1-5-6(3-9)4-10(2)7(5)8(11)12/h4H,1-2H3,(H,11,12). The van der Waals surface area contributed by atoms with Gasteiger partial charge >= 0.3 is 5.97 Å². The molecule has 0 saturated heterocycles. The number of carbonyl (C=O) groups is 1. The van der Waals surface area contributed by atoms with Crippen molar-refractivity contribution in [2.75, 3.05) is 0 Å². The Morgan fingerprint density at radius 3 is 2.58 bits per heavy atom. The molecule has 0 aromatic carbocycles. The van der Waals surface area contributed by atoms with Gasteiger partial charge in [0.2, 0.25) is 0 Å². The molecule has 0 radical (unpaired) electrons. The van der Waals surface area contributed by atoms with Gasteiger partial charge in [-0.15, -0.1) is 0 Å². The van der Waals surface area contributed by atoms with Crippen LogP contribution in [-0.4, -0.2) is 15.6 Å². The fraction of sp³-hybridized carbons (Fsp3) is 0.250. The lowest BCUT2D eigenvalue weighted by atomic mass is 10.2. The van der Waals surface area contributed by atoms with Crippen LogP contribution in [0, 0.1) is 18.3 Å². The number of rotatable bonds is 1. The van der Waals surface area contributed by atoms with Crippen LogP contribution in [0.5, 0.6) is 0 Å². The van der Waals surface area contributed by atoms with Crippen LogP contribution in [0.3, 0.4) is 0 Å². The monoisotopic (exact) mass is 164 g/mol. The third-order valence-electron chi connectivity index (χ3n) is 1.76. The first-order chi connectivity index (χ1) is 5.57. The Labute approximate surface area is 69.7 Å². The van der Waals surface area contributed by atoms with Crippen LogP contribution in [-0.2, 0) is 7.05 Å². The van der Waals surface area contributed by atoms with Crippen LogP contribution in [0.15, 0.2) is 6.20 Å². The van der Waals surface area contributed by atoms with E-state index < -0.39 is 5.97 Å². The van der Waals surface area contributed by atoms with Gasteiger partial charge in [-0.1, -0.05) is 0 Å². The van der Waals surface area contributed by atoms with E-state index in [-0.39, 0.29) is 5.69 Å². The lowest BCUT2D eigenvalue weighted by molar-refractivity contribution is 0.0686. The number of aryl methyl sites for hydroxylation is 1. The topological polar surface area (TPSA) is 66.0 Å². The molecule has 1 heterocycles. The van der Waals surface area contributed by atoms with Crippen molar-refractivity contribution in [3.63, 3.8) is 0 Å². The molecule has 0 saturated carbocycles. The van der Waals surface area contributed by atoms with E-state index in [9.17, 15) is 4.79 Å². The second-order valence-electron chi connectivity index (χ2n) is 2.54. The molecule has 12 heavy (non-hydrogen) atoms. The van der Waals surface area contributed by atoms with Crippen molar-refractivity contribution in [2.45, 2.75) is 6.92 Å². The third kappa shape index (κ3) is 1.05. The summed E-state index contributed by atoms with van der Waals surface area (Å²) >= 11 is 0. The summed E-state index contributed by atoms with van der Waals surface area (Å²) in [5.74, 6) is -1.00. The molecule has 0 unspecified atom stereocenters. The number of aromatic carboxylic acids is 1. The van der Waals surface area contributed by atoms with Crippen molar-refractivity contribution in [1.82, 2.24) is 4.57 Å². The molecule has 4 heteroatoms. The first kappa shape index (κ1) is 8.34. The quantitative estimate of drug-likeness (QED) is 0.670. The zero-order valence-electron chi connectivity index (χ0n) is 6.83. The fourth-order valence-electron chi connectivity index (χ4n) is 1.17. The van der Waals surface area contributed by atoms with Crippen molar-refractivity contribution >= 4 is 5.97 Å². The number of aromatic nitrogens is 1. The summed E-state index contributed by atoms with van der Waals surface area (Å²) in [5.41, 5.74) is 1.11. The van der Waals surface area contributed by atoms with E-state index >= 15 is 0 Å². The molecule has 0 spiro atoms. The van der Waals surface area contributed by atoms with E-state index in [1.807, 2.05) is 6.07 Å². The molecular weight excluding hydrogens is 156 g/mol. The highest BCUT2D eigenvalue weighted by atomic mass is 16.4. The number of hydrogen-bond acceptors (Lipinski definition) is 2. The largest absolute Gasteiger partial charge is 0.477 e. The van der Waals surface area contributed by atoms with Crippen molar-refractivity contribution in [3.8, 4) is 6.07 Å². The number of nitriles is 1. The summed E-state index contributed by atoms with van der Waals surface area (Å²) < 4.78 is 1.44. The van der Waals surface area contributed by atoms with Crippen LogP contribution >= 0.6 is 0 Å². The van der Waals surface area contributed by atoms with Crippen molar-refractivity contribution in [1.29, 1.82) is 5.26 Å². The van der Waals surface area contributed by atoms with E-state index in [0.717, 1.165) is 0 Å². The SMILES string of the molecule is Cc1c(C#N)cn(C)c1C(=O)O. The average molecular weight is 164 g/mol. The zero-order valence-corrected chi connectivity index (χ0v) is 6.83. The van der Waals surface area contributed by atoms with E-state index in [1.54, 1.807) is 14.0 Å². The Morgan fingerprint density at radius 1 is 1.75 bits per heavy atom. The van der Waals surface area contributed by atoms with Crippen LogP contribution in [0.2, 0.25) is 0 Å². The van der Waals surface area contributed by atoms with Crippen LogP contribution < -0.4 is 0 Å². The first-order valence-corrected chi connectivity index (χ1v) is 3.37. The molecule has 0 bridgehead atoms. The molecule has 4 nitrogen and oxygen atoms in total. The molecule has 0 amide bonds. The van der Waals surface area contributed by atoms with Crippen LogP contribution in [0.25, 0.3) is 0 Å². The zero-order chi connectivity index (χ0) is 9.30. The molecule has 0 atom stereocenters. The Balaban J connectivity index is 3.40. The number of nitrogens with zero attached hydrogens (tertiary/aromatic N) is 2. The molecule has 62 valence electrons. The van der Waals surface area contributed by atoms with Gasteiger partial charge in [0.05, 0.1) is 5.56 Å². The molecule has 1 N–H and O–H groups in total. The number of carboxylic acids is 1. The van der Waals surface area contributed by atoms with Gasteiger partial charge in [0.15, 0.2) is 0 Å². The number of hydrogen-bond donors (Lipinski definition) is 1. The summed E-state index contributed by atoms with van der Waals surface area (Å²) in [5, 5.41) is 17.3. The second kappa shape index (κ2) is 2.70. The van der Waals surface area contributed by atoms with E-state index in [4.69, 9.17) is 10.4 Å². The molecule has 0 aliphatic heterocycles. The molecule has 1 rings (SSSR count). The van der Waals surface area contributed by atoms with Gasteiger partial charge in [0.25, 0.3) is 0 Å². The second-order valence-corrected chi connectivity index (χ2v) is 2.54. The molecule has 1 aromatic heterocycles. The lowest BCUT2D eigenvalue weighted by Gasteiger charge is -1.96. The molecule has 1 aromatic rings. The maximum absolute atomic E-state index is 10.6. The van der Waals surface area contributed by atoms with Crippen LogP contribution in [0.1, 0.15) is 21.6 Å². The number of carboxylic acid groups (broad SMARTS) is 1. The Kier molecular flexibility index (Phi) is 1.88. The minimum absolute atomic E-state index is 0.173. The maximum atomic E-state index is 10.6. The highest BCUT2D eigenvalue weighted by molar-refractivity contribution is 5.88. The summed E-state index contributed by atoms with van der Waals surface area (Å²) in [6.45, 7) is 1.63. The van der Waals surface area contributed by atoms with Gasteiger partial charge in [0.1, 0.15) is 11.8 Å². The molecule has 0 fully saturated rings.